The van der Waals surface area contributed by atoms with Gasteiger partial charge < -0.3 is 14.9 Å². The molecule has 0 fully saturated rings. The number of hydrogen-bond donors (Lipinski definition) is 2. The molecule has 1 aromatic carbocycles. The van der Waals surface area contributed by atoms with Crippen LogP contribution < -0.4 is 0 Å². The monoisotopic (exact) mass is 316 g/mol. The van der Waals surface area contributed by atoms with E-state index >= 15 is 0 Å². The van der Waals surface area contributed by atoms with E-state index in [2.05, 4.69) is 0 Å². The Kier molecular flexibility index (Phi) is 3.37. The number of hydrogen-bond acceptors (Lipinski definition) is 5. The summed E-state index contributed by atoms with van der Waals surface area (Å²) in [4.78, 5) is 36.5. The fourth-order valence-corrected chi connectivity index (χ4v) is 3.39. The maximum Gasteiger partial charge on any atom is 0.305 e. The van der Waals surface area contributed by atoms with Crippen molar-refractivity contribution < 1.29 is 29.3 Å². The van der Waals surface area contributed by atoms with Crippen LogP contribution in [0.3, 0.4) is 0 Å². The van der Waals surface area contributed by atoms with Gasteiger partial charge in [-0.1, -0.05) is 12.1 Å². The highest BCUT2D eigenvalue weighted by Gasteiger charge is 2.46. The minimum Gasteiger partial charge on any atom is -0.507 e. The summed E-state index contributed by atoms with van der Waals surface area (Å²) in [7, 11) is 0. The highest BCUT2D eigenvalue weighted by molar-refractivity contribution is 6.28. The quantitative estimate of drug-likeness (QED) is 0.866. The molecule has 2 aliphatic rings. The van der Waals surface area contributed by atoms with Gasteiger partial charge in [-0.3, -0.25) is 14.4 Å². The van der Waals surface area contributed by atoms with E-state index in [4.69, 9.17) is 9.84 Å². The molecule has 0 aromatic heterocycles. The molecule has 6 heteroatoms. The fourth-order valence-electron chi connectivity index (χ4n) is 3.39. The predicted octanol–water partition coefficient (Wildman–Crippen LogP) is 2.11. The molecule has 0 saturated heterocycles. The van der Waals surface area contributed by atoms with Gasteiger partial charge in [0.05, 0.1) is 23.7 Å². The van der Waals surface area contributed by atoms with Crippen LogP contribution in [-0.4, -0.2) is 39.5 Å². The molecular formula is C17H16O6. The zero-order chi connectivity index (χ0) is 16.9. The number of phenolic OH excluding ortho intramolecular Hbond substituents is 1. The van der Waals surface area contributed by atoms with Gasteiger partial charge in [-0.25, -0.2) is 0 Å². The lowest BCUT2D eigenvalue weighted by Gasteiger charge is -2.40. The van der Waals surface area contributed by atoms with E-state index in [1.165, 1.54) is 18.2 Å². The van der Waals surface area contributed by atoms with Crippen molar-refractivity contribution in [2.24, 2.45) is 0 Å². The molecule has 6 nitrogen and oxygen atoms in total. The van der Waals surface area contributed by atoms with Crippen LogP contribution in [0, 0.1) is 0 Å². The summed E-state index contributed by atoms with van der Waals surface area (Å²) in [6.07, 6.45) is -0.837. The number of benzene rings is 1. The summed E-state index contributed by atoms with van der Waals surface area (Å²) in [5.41, 5.74) is -0.459. The van der Waals surface area contributed by atoms with Gasteiger partial charge in [-0.15, -0.1) is 0 Å². The lowest BCUT2D eigenvalue weighted by atomic mass is 9.74. The first kappa shape index (κ1) is 15.4. The molecule has 1 aromatic rings. The van der Waals surface area contributed by atoms with Crippen LogP contribution in [0.4, 0.5) is 0 Å². The number of rotatable bonds is 2. The summed E-state index contributed by atoms with van der Waals surface area (Å²) in [6.45, 7) is 3.26. The average molecular weight is 316 g/mol. The van der Waals surface area contributed by atoms with Crippen LogP contribution in [0.25, 0.3) is 0 Å². The van der Waals surface area contributed by atoms with Gasteiger partial charge in [0.1, 0.15) is 5.75 Å². The van der Waals surface area contributed by atoms with Crippen LogP contribution >= 0.6 is 0 Å². The third-order valence-electron chi connectivity index (χ3n) is 4.21. The summed E-state index contributed by atoms with van der Waals surface area (Å²) in [5.74, 6) is -2.05. The molecule has 3 rings (SSSR count). The van der Waals surface area contributed by atoms with Crippen molar-refractivity contribution in [2.45, 2.75) is 38.4 Å². The largest absolute Gasteiger partial charge is 0.507 e. The maximum absolute atomic E-state index is 12.8. The van der Waals surface area contributed by atoms with Gasteiger partial charge in [-0.2, -0.15) is 0 Å². The molecule has 1 aliphatic heterocycles. The lowest BCUT2D eigenvalue weighted by Crippen LogP contribution is -2.45. The number of ether oxygens (including phenoxy) is 1. The number of carboxylic acid groups (broad SMARTS) is 1. The molecule has 0 saturated carbocycles. The van der Waals surface area contributed by atoms with Gasteiger partial charge in [-0.05, 0) is 19.9 Å². The second-order valence-corrected chi connectivity index (χ2v) is 6.26. The Morgan fingerprint density at radius 1 is 1.30 bits per heavy atom. The zero-order valence-electron chi connectivity index (χ0n) is 12.8. The summed E-state index contributed by atoms with van der Waals surface area (Å²) in [5, 5.41) is 18.9. The molecule has 0 radical (unpaired) electrons. The second kappa shape index (κ2) is 5.03. The molecule has 0 amide bonds. The second-order valence-electron chi connectivity index (χ2n) is 6.26. The van der Waals surface area contributed by atoms with E-state index in [0.717, 1.165) is 0 Å². The number of aromatic hydroxyl groups is 1. The highest BCUT2D eigenvalue weighted by atomic mass is 16.5. The van der Waals surface area contributed by atoms with Gasteiger partial charge in [0.25, 0.3) is 0 Å². The number of Topliss-reactive ketones (excluding diaryl/α,β-unsaturated/α-hetero) is 2. The molecule has 1 aliphatic carbocycles. The van der Waals surface area contributed by atoms with Crippen LogP contribution in [0.2, 0.25) is 0 Å². The van der Waals surface area contributed by atoms with Crippen molar-refractivity contribution in [2.75, 3.05) is 0 Å². The minimum absolute atomic E-state index is 0.00962. The number of ketones is 2. The zero-order valence-corrected chi connectivity index (χ0v) is 12.8. The van der Waals surface area contributed by atoms with Crippen molar-refractivity contribution in [3.05, 3.63) is 40.5 Å². The first-order chi connectivity index (χ1) is 10.7. The van der Waals surface area contributed by atoms with Gasteiger partial charge in [0.15, 0.2) is 11.6 Å². The van der Waals surface area contributed by atoms with E-state index in [0.29, 0.717) is 0 Å². The number of fused-ring (bicyclic) bond motifs is 1. The molecule has 120 valence electrons. The molecular weight excluding hydrogens is 300 g/mol. The third kappa shape index (κ3) is 2.35. The molecule has 1 heterocycles. The average Bonchev–Trinajstić information content (AvgIpc) is 2.42. The van der Waals surface area contributed by atoms with Crippen molar-refractivity contribution in [1.29, 1.82) is 0 Å². The Balaban J connectivity index is 2.14. The lowest BCUT2D eigenvalue weighted by molar-refractivity contribution is -0.143. The summed E-state index contributed by atoms with van der Waals surface area (Å²) < 4.78 is 5.73. The van der Waals surface area contributed by atoms with E-state index in [1.807, 2.05) is 0 Å². The standard InChI is InChI=1S/C17H16O6/c1-17(2)14-10(6-8(23-17)7-12(19)20)15(21)9-4-3-5-11(18)13(9)16(14)22/h3-5,8,18H,6-7H2,1-2H3,(H,19,20). The van der Waals surface area contributed by atoms with Crippen LogP contribution in [0.5, 0.6) is 5.75 Å². The number of carbonyl (C=O) groups is 3. The fraction of sp³-hybridized carbons (Fsp3) is 0.353. The Morgan fingerprint density at radius 3 is 2.65 bits per heavy atom. The first-order valence-electron chi connectivity index (χ1n) is 7.27. The normalized spacial score (nSPS) is 22.6. The van der Waals surface area contributed by atoms with Gasteiger partial charge in [0, 0.05) is 23.1 Å². The maximum atomic E-state index is 12.8. The van der Waals surface area contributed by atoms with Crippen LogP contribution in [0.1, 0.15) is 47.4 Å². The van der Waals surface area contributed by atoms with Crippen LogP contribution in [0.15, 0.2) is 29.3 Å². The predicted molar refractivity (Wildman–Crippen MR) is 79.6 cm³/mol. The van der Waals surface area contributed by atoms with Gasteiger partial charge >= 0.3 is 5.97 Å². The van der Waals surface area contributed by atoms with Crippen molar-refractivity contribution in [1.82, 2.24) is 0 Å². The summed E-state index contributed by atoms with van der Waals surface area (Å²) >= 11 is 0. The highest BCUT2D eigenvalue weighted by Crippen LogP contribution is 2.43. The Morgan fingerprint density at radius 2 is 2.00 bits per heavy atom. The molecule has 0 bridgehead atoms. The minimum atomic E-state index is -1.10. The summed E-state index contributed by atoms with van der Waals surface area (Å²) in [6, 6.07) is 4.36. The molecule has 23 heavy (non-hydrogen) atoms. The number of aliphatic carboxylic acids is 1. The van der Waals surface area contributed by atoms with E-state index in [-0.39, 0.29) is 46.6 Å². The van der Waals surface area contributed by atoms with Crippen molar-refractivity contribution >= 4 is 17.5 Å². The number of phenols is 1. The topological polar surface area (TPSA) is 101 Å². The van der Waals surface area contributed by atoms with Gasteiger partial charge in [0.2, 0.25) is 0 Å². The van der Waals surface area contributed by atoms with E-state index in [9.17, 15) is 19.5 Å². The Hall–Kier alpha value is -2.47. The van der Waals surface area contributed by atoms with Crippen molar-refractivity contribution in [3.63, 3.8) is 0 Å². The smallest absolute Gasteiger partial charge is 0.305 e. The SMILES string of the molecule is CC1(C)OC(CC(=O)O)CC2=C1C(=O)c1c(O)cccc1C2=O. The van der Waals surface area contributed by atoms with E-state index < -0.39 is 23.5 Å². The molecule has 1 unspecified atom stereocenters. The molecule has 0 spiro atoms. The molecule has 1 atom stereocenters. The number of carbonyl (C=O) groups excluding carboxylic acids is 2. The number of carboxylic acids is 1. The first-order valence-corrected chi connectivity index (χ1v) is 7.27. The van der Waals surface area contributed by atoms with Crippen molar-refractivity contribution in [3.8, 4) is 5.75 Å². The Bertz CT molecular complexity index is 771. The van der Waals surface area contributed by atoms with Crippen LogP contribution in [-0.2, 0) is 9.53 Å². The Labute approximate surface area is 132 Å². The molecule has 2 N–H and O–H groups in total. The third-order valence-corrected chi connectivity index (χ3v) is 4.21. The van der Waals surface area contributed by atoms with E-state index in [1.54, 1.807) is 13.8 Å².